The SMILES string of the molecule is O=C(NC1CCN(C(=O)CCCc2cccs2)CC1)c1ccccc1. The third kappa shape index (κ3) is 5.16. The van der Waals surface area contributed by atoms with E-state index in [1.54, 1.807) is 11.3 Å². The summed E-state index contributed by atoms with van der Waals surface area (Å²) in [7, 11) is 0. The number of thiophene rings is 1. The molecule has 132 valence electrons. The molecule has 1 aromatic carbocycles. The molecule has 3 rings (SSSR count). The topological polar surface area (TPSA) is 49.4 Å². The maximum atomic E-state index is 12.3. The molecule has 2 heterocycles. The molecule has 5 heteroatoms. The first-order valence-corrected chi connectivity index (χ1v) is 9.76. The van der Waals surface area contributed by atoms with Gasteiger partial charge in [0.05, 0.1) is 0 Å². The summed E-state index contributed by atoms with van der Waals surface area (Å²) >= 11 is 1.75. The van der Waals surface area contributed by atoms with Gasteiger partial charge in [-0.3, -0.25) is 9.59 Å². The molecular weight excluding hydrogens is 332 g/mol. The number of hydrogen-bond acceptors (Lipinski definition) is 3. The van der Waals surface area contributed by atoms with Gasteiger partial charge in [0.2, 0.25) is 5.91 Å². The van der Waals surface area contributed by atoms with Gasteiger partial charge >= 0.3 is 0 Å². The fraction of sp³-hybridized carbons (Fsp3) is 0.400. The number of carbonyl (C=O) groups excluding carboxylic acids is 2. The lowest BCUT2D eigenvalue weighted by Crippen LogP contribution is -2.46. The zero-order valence-corrected chi connectivity index (χ0v) is 15.1. The van der Waals surface area contributed by atoms with Crippen LogP contribution in [0.1, 0.15) is 40.9 Å². The van der Waals surface area contributed by atoms with Crippen LogP contribution in [0, 0.1) is 0 Å². The predicted molar refractivity (Wildman–Crippen MR) is 101 cm³/mol. The monoisotopic (exact) mass is 356 g/mol. The molecule has 0 spiro atoms. The number of nitrogens with one attached hydrogen (secondary N) is 1. The molecule has 1 saturated heterocycles. The second-order valence-electron chi connectivity index (χ2n) is 6.43. The van der Waals surface area contributed by atoms with Crippen LogP contribution in [-0.4, -0.2) is 35.8 Å². The Labute approximate surface area is 152 Å². The molecule has 0 unspecified atom stereocenters. The molecule has 0 saturated carbocycles. The molecule has 25 heavy (non-hydrogen) atoms. The Hall–Kier alpha value is -2.14. The van der Waals surface area contributed by atoms with Gasteiger partial charge in [0.25, 0.3) is 5.91 Å². The Morgan fingerprint density at radius 2 is 1.84 bits per heavy atom. The van der Waals surface area contributed by atoms with Gasteiger partial charge in [-0.1, -0.05) is 24.3 Å². The lowest BCUT2D eigenvalue weighted by Gasteiger charge is -2.32. The Bertz CT molecular complexity index is 677. The van der Waals surface area contributed by atoms with Crippen molar-refractivity contribution in [3.8, 4) is 0 Å². The second-order valence-corrected chi connectivity index (χ2v) is 7.46. The van der Waals surface area contributed by atoms with E-state index in [9.17, 15) is 9.59 Å². The predicted octanol–water partition coefficient (Wildman–Crippen LogP) is 3.49. The van der Waals surface area contributed by atoms with Gasteiger partial charge in [-0.15, -0.1) is 11.3 Å². The van der Waals surface area contributed by atoms with Crippen LogP contribution in [0.15, 0.2) is 47.8 Å². The molecule has 1 aromatic heterocycles. The summed E-state index contributed by atoms with van der Waals surface area (Å²) in [6.45, 7) is 1.47. The van der Waals surface area contributed by atoms with Gasteiger partial charge in [0.1, 0.15) is 0 Å². The maximum absolute atomic E-state index is 12.3. The number of aryl methyl sites for hydroxylation is 1. The van der Waals surface area contributed by atoms with Gasteiger partial charge < -0.3 is 10.2 Å². The first-order valence-electron chi connectivity index (χ1n) is 8.88. The number of amides is 2. The Morgan fingerprint density at radius 1 is 1.08 bits per heavy atom. The summed E-state index contributed by atoms with van der Waals surface area (Å²) in [5.74, 6) is 0.214. The minimum absolute atomic E-state index is 0.0266. The lowest BCUT2D eigenvalue weighted by molar-refractivity contribution is -0.132. The molecule has 1 N–H and O–H groups in total. The molecule has 0 aliphatic carbocycles. The molecular formula is C20H24N2O2S. The first kappa shape index (κ1) is 17.7. The minimum Gasteiger partial charge on any atom is -0.349 e. The van der Waals surface area contributed by atoms with Crippen LogP contribution in [0.5, 0.6) is 0 Å². The number of likely N-dealkylation sites (tertiary alicyclic amines) is 1. The molecule has 4 nitrogen and oxygen atoms in total. The highest BCUT2D eigenvalue weighted by molar-refractivity contribution is 7.09. The quantitative estimate of drug-likeness (QED) is 0.861. The van der Waals surface area contributed by atoms with E-state index in [-0.39, 0.29) is 17.9 Å². The molecule has 2 amide bonds. The smallest absolute Gasteiger partial charge is 0.251 e. The van der Waals surface area contributed by atoms with Crippen LogP contribution in [0.4, 0.5) is 0 Å². The van der Waals surface area contributed by atoms with Gasteiger partial charge in [-0.25, -0.2) is 0 Å². The summed E-state index contributed by atoms with van der Waals surface area (Å²) in [6.07, 6.45) is 4.15. The van der Waals surface area contributed by atoms with E-state index in [4.69, 9.17) is 0 Å². The summed E-state index contributed by atoms with van der Waals surface area (Å²) in [5.41, 5.74) is 0.689. The van der Waals surface area contributed by atoms with Crippen molar-refractivity contribution in [1.29, 1.82) is 0 Å². The van der Waals surface area contributed by atoms with Gasteiger partial charge in [-0.05, 0) is 49.3 Å². The summed E-state index contributed by atoms with van der Waals surface area (Å²) < 4.78 is 0. The standard InChI is InChI=1S/C20H24N2O2S/c23-19(10-4-8-18-9-5-15-25-18)22-13-11-17(12-14-22)21-20(24)16-6-2-1-3-7-16/h1-3,5-7,9,15,17H,4,8,10-14H2,(H,21,24). The minimum atomic E-state index is -0.0266. The Kier molecular flexibility index (Phi) is 6.23. The molecule has 1 aliphatic rings. The van der Waals surface area contributed by atoms with Crippen molar-refractivity contribution in [2.45, 2.75) is 38.1 Å². The number of carbonyl (C=O) groups is 2. The van der Waals surface area contributed by atoms with E-state index >= 15 is 0 Å². The zero-order chi connectivity index (χ0) is 17.5. The van der Waals surface area contributed by atoms with Crippen molar-refractivity contribution in [3.63, 3.8) is 0 Å². The third-order valence-electron chi connectivity index (χ3n) is 4.61. The molecule has 0 radical (unpaired) electrons. The molecule has 1 aliphatic heterocycles. The van der Waals surface area contributed by atoms with Gasteiger partial charge in [0.15, 0.2) is 0 Å². The summed E-state index contributed by atoms with van der Waals surface area (Å²) in [5, 5.41) is 5.16. The van der Waals surface area contributed by atoms with E-state index < -0.39 is 0 Å². The van der Waals surface area contributed by atoms with Gasteiger partial charge in [-0.2, -0.15) is 0 Å². The fourth-order valence-electron chi connectivity index (χ4n) is 3.16. The highest BCUT2D eigenvalue weighted by Gasteiger charge is 2.23. The third-order valence-corrected chi connectivity index (χ3v) is 5.55. The number of nitrogens with zero attached hydrogens (tertiary/aromatic N) is 1. The first-order chi connectivity index (χ1) is 12.2. The summed E-state index contributed by atoms with van der Waals surface area (Å²) in [4.78, 5) is 27.8. The number of hydrogen-bond donors (Lipinski definition) is 1. The average Bonchev–Trinajstić information content (AvgIpc) is 3.16. The van der Waals surface area contributed by atoms with Crippen molar-refractivity contribution in [2.24, 2.45) is 0 Å². The fourth-order valence-corrected chi connectivity index (χ4v) is 3.91. The highest BCUT2D eigenvalue weighted by Crippen LogP contribution is 2.15. The van der Waals surface area contributed by atoms with Crippen molar-refractivity contribution >= 4 is 23.2 Å². The summed E-state index contributed by atoms with van der Waals surface area (Å²) in [6, 6.07) is 13.6. The van der Waals surface area contributed by atoms with Crippen LogP contribution in [0.3, 0.4) is 0 Å². The van der Waals surface area contributed by atoms with Crippen LogP contribution < -0.4 is 5.32 Å². The van der Waals surface area contributed by atoms with Crippen LogP contribution >= 0.6 is 11.3 Å². The van der Waals surface area contributed by atoms with Crippen molar-refractivity contribution in [1.82, 2.24) is 10.2 Å². The van der Waals surface area contributed by atoms with E-state index in [0.29, 0.717) is 12.0 Å². The molecule has 0 atom stereocenters. The maximum Gasteiger partial charge on any atom is 0.251 e. The molecule has 0 bridgehead atoms. The lowest BCUT2D eigenvalue weighted by atomic mass is 10.0. The second kappa shape index (κ2) is 8.81. The van der Waals surface area contributed by atoms with E-state index in [1.165, 1.54) is 4.88 Å². The molecule has 2 aromatic rings. The highest BCUT2D eigenvalue weighted by atomic mass is 32.1. The van der Waals surface area contributed by atoms with E-state index in [0.717, 1.165) is 38.8 Å². The van der Waals surface area contributed by atoms with Crippen molar-refractivity contribution < 1.29 is 9.59 Å². The average molecular weight is 356 g/mol. The molecule has 1 fully saturated rings. The van der Waals surface area contributed by atoms with E-state index in [2.05, 4.69) is 22.8 Å². The van der Waals surface area contributed by atoms with Crippen LogP contribution in [-0.2, 0) is 11.2 Å². The van der Waals surface area contributed by atoms with Crippen molar-refractivity contribution in [3.05, 3.63) is 58.3 Å². The normalized spacial score (nSPS) is 15.1. The largest absolute Gasteiger partial charge is 0.349 e. The number of piperidine rings is 1. The Balaban J connectivity index is 1.37. The number of benzene rings is 1. The Morgan fingerprint density at radius 3 is 2.52 bits per heavy atom. The number of rotatable bonds is 6. The van der Waals surface area contributed by atoms with Gasteiger partial charge in [0, 0.05) is 36.0 Å². The van der Waals surface area contributed by atoms with Crippen LogP contribution in [0.25, 0.3) is 0 Å². The zero-order valence-electron chi connectivity index (χ0n) is 14.3. The van der Waals surface area contributed by atoms with E-state index in [1.807, 2.05) is 35.2 Å². The van der Waals surface area contributed by atoms with Crippen molar-refractivity contribution in [2.75, 3.05) is 13.1 Å². The van der Waals surface area contributed by atoms with Crippen LogP contribution in [0.2, 0.25) is 0 Å².